The molecule has 4 N–H and O–H groups in total. The number of amides is 1. The average Bonchev–Trinajstić information content (AvgIpc) is 2.86. The number of primary amides is 1. The molecular weight excluding hydrogens is 314 g/mol. The molecule has 0 aromatic heterocycles. The molecule has 0 fully saturated rings. The highest BCUT2D eigenvalue weighted by molar-refractivity contribution is 7.92. The normalized spacial score (nSPS) is 15.3. The molecule has 0 radical (unpaired) electrons. The molecule has 0 spiro atoms. The van der Waals surface area contributed by atoms with Crippen molar-refractivity contribution in [1.82, 2.24) is 0 Å². The monoisotopic (exact) mass is 331 g/mol. The lowest BCUT2D eigenvalue weighted by atomic mass is 10.1. The van der Waals surface area contributed by atoms with Gasteiger partial charge in [0.1, 0.15) is 0 Å². The molecule has 120 valence electrons. The van der Waals surface area contributed by atoms with Crippen molar-refractivity contribution in [2.75, 3.05) is 16.9 Å². The maximum atomic E-state index is 12.4. The van der Waals surface area contributed by atoms with Gasteiger partial charge < -0.3 is 16.4 Å². The van der Waals surface area contributed by atoms with Crippen LogP contribution in [0.1, 0.15) is 15.9 Å². The third-order valence-electron chi connectivity index (χ3n) is 3.92. The van der Waals surface area contributed by atoms with Gasteiger partial charge in [-0.25, -0.2) is 8.42 Å². The molecule has 1 amide bonds. The standard InChI is InChI=1S/C16H17N3O3S/c1-23(21,22)16(18-13-4-2-3-5-14(13)19-16)10-11-6-8-12(9-7-11)15(17)20/h2-9,18-19H,10H2,1H3,(H2,17,20). The van der Waals surface area contributed by atoms with Gasteiger partial charge in [0, 0.05) is 18.2 Å². The summed E-state index contributed by atoms with van der Waals surface area (Å²) in [7, 11) is -3.47. The van der Waals surface area contributed by atoms with Gasteiger partial charge in [-0.1, -0.05) is 24.3 Å². The maximum Gasteiger partial charge on any atom is 0.248 e. The highest BCUT2D eigenvalue weighted by Crippen LogP contribution is 2.38. The molecule has 2 aromatic carbocycles. The fourth-order valence-electron chi connectivity index (χ4n) is 2.65. The zero-order chi connectivity index (χ0) is 16.7. The molecule has 1 aliphatic heterocycles. The lowest BCUT2D eigenvalue weighted by Gasteiger charge is -2.29. The molecule has 0 unspecified atom stereocenters. The summed E-state index contributed by atoms with van der Waals surface area (Å²) in [6, 6.07) is 13.9. The molecule has 2 aromatic rings. The van der Waals surface area contributed by atoms with Crippen LogP contribution in [0.25, 0.3) is 0 Å². The van der Waals surface area contributed by atoms with E-state index in [1.54, 1.807) is 24.3 Å². The second-order valence-corrected chi connectivity index (χ2v) is 7.87. The minimum atomic E-state index is -3.47. The Hall–Kier alpha value is -2.54. The van der Waals surface area contributed by atoms with Gasteiger partial charge >= 0.3 is 0 Å². The van der Waals surface area contributed by atoms with Crippen molar-refractivity contribution < 1.29 is 13.2 Å². The fourth-order valence-corrected chi connectivity index (χ4v) is 3.67. The summed E-state index contributed by atoms with van der Waals surface area (Å²) in [6.45, 7) is 0. The van der Waals surface area contributed by atoms with E-state index in [-0.39, 0.29) is 6.42 Å². The van der Waals surface area contributed by atoms with Crippen molar-refractivity contribution >= 4 is 27.1 Å². The van der Waals surface area contributed by atoms with Crippen molar-refractivity contribution in [3.05, 3.63) is 59.7 Å². The zero-order valence-electron chi connectivity index (χ0n) is 12.5. The van der Waals surface area contributed by atoms with E-state index in [1.807, 2.05) is 24.3 Å². The van der Waals surface area contributed by atoms with E-state index in [0.717, 1.165) is 16.9 Å². The maximum absolute atomic E-state index is 12.4. The minimum Gasteiger partial charge on any atom is -0.366 e. The average molecular weight is 331 g/mol. The van der Waals surface area contributed by atoms with E-state index in [0.29, 0.717) is 5.56 Å². The number of para-hydroxylation sites is 2. The van der Waals surface area contributed by atoms with E-state index < -0.39 is 20.7 Å². The van der Waals surface area contributed by atoms with Gasteiger partial charge in [-0.15, -0.1) is 0 Å². The summed E-state index contributed by atoms with van der Waals surface area (Å²) >= 11 is 0. The van der Waals surface area contributed by atoms with E-state index in [4.69, 9.17) is 5.73 Å². The lowest BCUT2D eigenvalue weighted by molar-refractivity contribution is 0.100. The molecule has 0 bridgehead atoms. The second-order valence-electron chi connectivity index (χ2n) is 5.63. The summed E-state index contributed by atoms with van der Waals surface area (Å²) in [5.74, 6) is -0.515. The van der Waals surface area contributed by atoms with Crippen LogP contribution in [0.5, 0.6) is 0 Å². The number of rotatable bonds is 4. The van der Waals surface area contributed by atoms with E-state index in [1.165, 1.54) is 6.26 Å². The van der Waals surface area contributed by atoms with Crippen LogP contribution in [0.3, 0.4) is 0 Å². The molecule has 6 nitrogen and oxygen atoms in total. The van der Waals surface area contributed by atoms with Crippen molar-refractivity contribution in [3.8, 4) is 0 Å². The summed E-state index contributed by atoms with van der Waals surface area (Å²) < 4.78 is 24.8. The van der Waals surface area contributed by atoms with Crippen LogP contribution in [0.15, 0.2) is 48.5 Å². The van der Waals surface area contributed by atoms with Gasteiger partial charge in [0.15, 0.2) is 9.84 Å². The van der Waals surface area contributed by atoms with Gasteiger partial charge in [0.25, 0.3) is 0 Å². The number of carbonyl (C=O) groups excluding carboxylic acids is 1. The number of carbonyl (C=O) groups is 1. The van der Waals surface area contributed by atoms with Crippen molar-refractivity contribution in [2.45, 2.75) is 11.4 Å². The number of benzene rings is 2. The zero-order valence-corrected chi connectivity index (χ0v) is 13.4. The molecule has 0 aliphatic carbocycles. The number of nitrogens with two attached hydrogens (primary N) is 1. The van der Waals surface area contributed by atoms with Crippen molar-refractivity contribution in [1.29, 1.82) is 0 Å². The van der Waals surface area contributed by atoms with Crippen LogP contribution in [0.2, 0.25) is 0 Å². The first kappa shape index (κ1) is 15.4. The molecular formula is C16H17N3O3S. The summed E-state index contributed by atoms with van der Waals surface area (Å²) in [5, 5.41) is 6.17. The summed E-state index contributed by atoms with van der Waals surface area (Å²) in [6.07, 6.45) is 1.40. The van der Waals surface area contributed by atoms with E-state index >= 15 is 0 Å². The SMILES string of the molecule is CS(=O)(=O)C1(Cc2ccc(C(N)=O)cc2)Nc2ccccc2N1. The van der Waals surface area contributed by atoms with E-state index in [2.05, 4.69) is 10.6 Å². The summed E-state index contributed by atoms with van der Waals surface area (Å²) in [5.41, 5.74) is 7.86. The van der Waals surface area contributed by atoms with Crippen molar-refractivity contribution in [3.63, 3.8) is 0 Å². The largest absolute Gasteiger partial charge is 0.366 e. The number of hydrogen-bond donors (Lipinski definition) is 3. The number of hydrogen-bond acceptors (Lipinski definition) is 5. The quantitative estimate of drug-likeness (QED) is 0.789. The van der Waals surface area contributed by atoms with E-state index in [9.17, 15) is 13.2 Å². The number of nitrogens with one attached hydrogen (secondary N) is 2. The molecule has 0 atom stereocenters. The van der Waals surface area contributed by atoms with Crippen molar-refractivity contribution in [2.24, 2.45) is 5.73 Å². The molecule has 1 aliphatic rings. The van der Waals surface area contributed by atoms with Crippen LogP contribution in [-0.4, -0.2) is 25.6 Å². The van der Waals surface area contributed by atoms with Crippen LogP contribution < -0.4 is 16.4 Å². The highest BCUT2D eigenvalue weighted by atomic mass is 32.2. The Morgan fingerprint density at radius 2 is 1.57 bits per heavy atom. The first-order valence-corrected chi connectivity index (χ1v) is 8.94. The Morgan fingerprint density at radius 3 is 2.00 bits per heavy atom. The predicted octanol–water partition coefficient (Wildman–Crippen LogP) is 1.56. The molecule has 1 heterocycles. The number of fused-ring (bicyclic) bond motifs is 1. The van der Waals surface area contributed by atoms with Gasteiger partial charge in [-0.2, -0.15) is 0 Å². The van der Waals surface area contributed by atoms with Gasteiger partial charge in [-0.05, 0) is 29.8 Å². The number of anilines is 2. The Morgan fingerprint density at radius 1 is 1.04 bits per heavy atom. The molecule has 0 saturated carbocycles. The third kappa shape index (κ3) is 2.75. The first-order valence-electron chi connectivity index (χ1n) is 7.04. The van der Waals surface area contributed by atoms with Gasteiger partial charge in [-0.3, -0.25) is 4.79 Å². The summed E-state index contributed by atoms with van der Waals surface area (Å²) in [4.78, 5) is 9.81. The van der Waals surface area contributed by atoms with Crippen LogP contribution >= 0.6 is 0 Å². The highest BCUT2D eigenvalue weighted by Gasteiger charge is 2.45. The Kier molecular flexibility index (Phi) is 3.52. The molecule has 0 saturated heterocycles. The Labute approximate surface area is 134 Å². The predicted molar refractivity (Wildman–Crippen MR) is 89.9 cm³/mol. The third-order valence-corrected chi connectivity index (χ3v) is 5.54. The van der Waals surface area contributed by atoms with Crippen LogP contribution in [0, 0.1) is 0 Å². The van der Waals surface area contributed by atoms with Crippen LogP contribution in [0.4, 0.5) is 11.4 Å². The molecule has 7 heteroatoms. The molecule has 23 heavy (non-hydrogen) atoms. The lowest BCUT2D eigenvalue weighted by Crippen LogP contribution is -2.51. The number of sulfone groups is 1. The van der Waals surface area contributed by atoms with Gasteiger partial charge in [0.2, 0.25) is 10.9 Å². The topological polar surface area (TPSA) is 101 Å². The Balaban J connectivity index is 1.95. The minimum absolute atomic E-state index is 0.208. The smallest absolute Gasteiger partial charge is 0.248 e. The fraction of sp³-hybridized carbons (Fsp3) is 0.188. The molecule has 3 rings (SSSR count). The first-order chi connectivity index (χ1) is 10.8. The van der Waals surface area contributed by atoms with Crippen LogP contribution in [-0.2, 0) is 16.3 Å². The van der Waals surface area contributed by atoms with Gasteiger partial charge in [0.05, 0.1) is 11.4 Å². The Bertz CT molecular complexity index is 835. The second kappa shape index (κ2) is 5.27.